The van der Waals surface area contributed by atoms with Crippen molar-refractivity contribution >= 4 is 24.0 Å². The van der Waals surface area contributed by atoms with Gasteiger partial charge in [0.2, 0.25) is 0 Å². The monoisotopic (exact) mass is 234 g/mol. The molecule has 0 fully saturated rings. The smallest absolute Gasteiger partial charge is 0.0637 e. The van der Waals surface area contributed by atoms with Gasteiger partial charge in [-0.3, -0.25) is 4.98 Å². The summed E-state index contributed by atoms with van der Waals surface area (Å²) < 4.78 is 0. The van der Waals surface area contributed by atoms with Crippen molar-refractivity contribution in [2.24, 2.45) is 5.73 Å². The van der Waals surface area contributed by atoms with Crippen molar-refractivity contribution in [2.75, 3.05) is 0 Å². The molecule has 4 heteroatoms. The molecule has 0 radical (unpaired) electrons. The third-order valence-corrected chi connectivity index (χ3v) is 2.39. The molecule has 1 rings (SSSR count). The fourth-order valence-corrected chi connectivity index (χ4v) is 1.53. The van der Waals surface area contributed by atoms with Crippen LogP contribution < -0.4 is 5.73 Å². The van der Waals surface area contributed by atoms with E-state index in [2.05, 4.69) is 11.9 Å². The van der Waals surface area contributed by atoms with Crippen LogP contribution in [0.25, 0.3) is 0 Å². The summed E-state index contributed by atoms with van der Waals surface area (Å²) in [5, 5.41) is 0.672. The number of unbranched alkanes of at least 4 members (excludes halogenated alkanes) is 1. The largest absolute Gasteiger partial charge is 0.324 e. The molecule has 14 heavy (non-hydrogen) atoms. The van der Waals surface area contributed by atoms with Crippen molar-refractivity contribution in [2.45, 2.75) is 32.2 Å². The second kappa shape index (κ2) is 7.04. The summed E-state index contributed by atoms with van der Waals surface area (Å²) >= 11 is 5.96. The van der Waals surface area contributed by atoms with Gasteiger partial charge in [0.15, 0.2) is 0 Å². The third kappa shape index (κ3) is 3.82. The van der Waals surface area contributed by atoms with Gasteiger partial charge in [-0.05, 0) is 18.1 Å². The molecule has 2 N–H and O–H groups in total. The minimum atomic E-state index is 0. The van der Waals surface area contributed by atoms with Gasteiger partial charge in [-0.2, -0.15) is 0 Å². The zero-order valence-electron chi connectivity index (χ0n) is 8.24. The summed E-state index contributed by atoms with van der Waals surface area (Å²) in [5.41, 5.74) is 6.97. The van der Waals surface area contributed by atoms with Crippen LogP contribution in [-0.4, -0.2) is 4.98 Å². The molecule has 0 unspecified atom stereocenters. The van der Waals surface area contributed by atoms with Crippen LogP contribution in [0.5, 0.6) is 0 Å². The van der Waals surface area contributed by atoms with Crippen molar-refractivity contribution in [1.82, 2.24) is 4.98 Å². The van der Waals surface area contributed by atoms with Crippen molar-refractivity contribution in [3.05, 3.63) is 29.0 Å². The molecule has 0 aliphatic heterocycles. The van der Waals surface area contributed by atoms with E-state index in [0.717, 1.165) is 24.8 Å². The highest BCUT2D eigenvalue weighted by molar-refractivity contribution is 6.31. The molecule has 0 aromatic carbocycles. The van der Waals surface area contributed by atoms with Crippen LogP contribution in [0.1, 0.15) is 37.8 Å². The Bertz CT molecular complexity index is 266. The maximum Gasteiger partial charge on any atom is 0.0637 e. The molecular formula is C10H16Cl2N2. The SMILES string of the molecule is CCCC[C@@H](N)c1ccncc1Cl.Cl. The predicted octanol–water partition coefficient (Wildman–Crippen LogP) is 3.35. The van der Waals surface area contributed by atoms with Gasteiger partial charge in [0.1, 0.15) is 0 Å². The normalized spacial score (nSPS) is 11.9. The molecule has 1 aromatic rings. The highest BCUT2D eigenvalue weighted by Crippen LogP contribution is 2.23. The van der Waals surface area contributed by atoms with Gasteiger partial charge >= 0.3 is 0 Å². The zero-order chi connectivity index (χ0) is 9.68. The zero-order valence-corrected chi connectivity index (χ0v) is 9.81. The molecule has 0 saturated carbocycles. The van der Waals surface area contributed by atoms with Crippen LogP contribution in [-0.2, 0) is 0 Å². The highest BCUT2D eigenvalue weighted by Gasteiger charge is 2.08. The fourth-order valence-electron chi connectivity index (χ4n) is 1.27. The molecule has 1 atom stereocenters. The second-order valence-electron chi connectivity index (χ2n) is 3.15. The number of pyridine rings is 1. The van der Waals surface area contributed by atoms with E-state index >= 15 is 0 Å². The van der Waals surface area contributed by atoms with Crippen LogP contribution in [0.4, 0.5) is 0 Å². The van der Waals surface area contributed by atoms with Crippen LogP contribution in [0, 0.1) is 0 Å². The van der Waals surface area contributed by atoms with Crippen molar-refractivity contribution < 1.29 is 0 Å². The van der Waals surface area contributed by atoms with Gasteiger partial charge in [0.25, 0.3) is 0 Å². The summed E-state index contributed by atoms with van der Waals surface area (Å²) in [6.07, 6.45) is 6.66. The maximum absolute atomic E-state index is 5.97. The van der Waals surface area contributed by atoms with Crippen LogP contribution in [0.15, 0.2) is 18.5 Å². The lowest BCUT2D eigenvalue weighted by Crippen LogP contribution is -2.10. The van der Waals surface area contributed by atoms with E-state index in [9.17, 15) is 0 Å². The number of hydrogen-bond donors (Lipinski definition) is 1. The molecule has 80 valence electrons. The Kier molecular flexibility index (Phi) is 6.89. The van der Waals surface area contributed by atoms with Crippen LogP contribution in [0.2, 0.25) is 5.02 Å². The lowest BCUT2D eigenvalue weighted by molar-refractivity contribution is 0.603. The van der Waals surface area contributed by atoms with Crippen LogP contribution in [0.3, 0.4) is 0 Å². The average Bonchev–Trinajstić information content (AvgIpc) is 2.15. The molecule has 0 aliphatic carbocycles. The molecule has 0 aliphatic rings. The predicted molar refractivity (Wildman–Crippen MR) is 62.9 cm³/mol. The van der Waals surface area contributed by atoms with Gasteiger partial charge in [-0.15, -0.1) is 12.4 Å². The number of nitrogens with zero attached hydrogens (tertiary/aromatic N) is 1. The Morgan fingerprint density at radius 1 is 1.57 bits per heavy atom. The molecule has 0 amide bonds. The summed E-state index contributed by atoms with van der Waals surface area (Å²) in [7, 11) is 0. The van der Waals surface area contributed by atoms with Gasteiger partial charge < -0.3 is 5.73 Å². The first-order valence-corrected chi connectivity index (χ1v) is 4.98. The Hall–Kier alpha value is -0.310. The van der Waals surface area contributed by atoms with Gasteiger partial charge in [-0.25, -0.2) is 0 Å². The van der Waals surface area contributed by atoms with Crippen molar-refractivity contribution in [3.63, 3.8) is 0 Å². The Balaban J connectivity index is 0.00000169. The lowest BCUT2D eigenvalue weighted by Gasteiger charge is -2.12. The van der Waals surface area contributed by atoms with E-state index in [1.807, 2.05) is 6.07 Å². The maximum atomic E-state index is 5.97. The van der Waals surface area contributed by atoms with Gasteiger partial charge in [0.05, 0.1) is 5.02 Å². The molecule has 1 heterocycles. The Morgan fingerprint density at radius 2 is 2.29 bits per heavy atom. The molecule has 1 aromatic heterocycles. The molecule has 0 bridgehead atoms. The van der Waals surface area contributed by atoms with E-state index in [-0.39, 0.29) is 18.4 Å². The van der Waals surface area contributed by atoms with Gasteiger partial charge in [0, 0.05) is 18.4 Å². The summed E-state index contributed by atoms with van der Waals surface area (Å²) in [6, 6.07) is 1.94. The van der Waals surface area contributed by atoms with Crippen molar-refractivity contribution in [1.29, 1.82) is 0 Å². The molecule has 0 saturated heterocycles. The third-order valence-electron chi connectivity index (χ3n) is 2.07. The number of aromatic nitrogens is 1. The van der Waals surface area contributed by atoms with E-state index in [4.69, 9.17) is 17.3 Å². The fraction of sp³-hybridized carbons (Fsp3) is 0.500. The van der Waals surface area contributed by atoms with Crippen molar-refractivity contribution in [3.8, 4) is 0 Å². The number of rotatable bonds is 4. The molecule has 0 spiro atoms. The van der Waals surface area contributed by atoms with E-state index in [1.54, 1.807) is 12.4 Å². The molecular weight excluding hydrogens is 219 g/mol. The van der Waals surface area contributed by atoms with E-state index in [1.165, 1.54) is 0 Å². The first kappa shape index (κ1) is 13.7. The standard InChI is InChI=1S/C10H15ClN2.ClH/c1-2-3-4-10(12)8-5-6-13-7-9(8)11;/h5-7,10H,2-4,12H2,1H3;1H/t10-;/m1./s1. The van der Waals surface area contributed by atoms with E-state index in [0.29, 0.717) is 5.02 Å². The Labute approximate surface area is 96.3 Å². The molecule has 2 nitrogen and oxygen atoms in total. The topological polar surface area (TPSA) is 38.9 Å². The minimum absolute atomic E-state index is 0. The highest BCUT2D eigenvalue weighted by atomic mass is 35.5. The number of halogens is 2. The Morgan fingerprint density at radius 3 is 2.86 bits per heavy atom. The number of nitrogens with two attached hydrogens (primary N) is 1. The van der Waals surface area contributed by atoms with Gasteiger partial charge in [-0.1, -0.05) is 31.4 Å². The average molecular weight is 235 g/mol. The van der Waals surface area contributed by atoms with E-state index < -0.39 is 0 Å². The lowest BCUT2D eigenvalue weighted by atomic mass is 10.0. The summed E-state index contributed by atoms with van der Waals surface area (Å²) in [6.45, 7) is 2.15. The minimum Gasteiger partial charge on any atom is -0.324 e. The first-order chi connectivity index (χ1) is 6.25. The quantitative estimate of drug-likeness (QED) is 0.869. The number of hydrogen-bond acceptors (Lipinski definition) is 2. The first-order valence-electron chi connectivity index (χ1n) is 4.60. The summed E-state index contributed by atoms with van der Waals surface area (Å²) in [4.78, 5) is 3.92. The second-order valence-corrected chi connectivity index (χ2v) is 3.55. The van der Waals surface area contributed by atoms with Crippen LogP contribution >= 0.6 is 24.0 Å². The summed E-state index contributed by atoms with van der Waals surface area (Å²) in [5.74, 6) is 0.